The standard InChI is InChI=1S/2CNS.Na.Rb/c2*2-1-3;;/q2*-1;2*+1. The van der Waals surface area contributed by atoms with Gasteiger partial charge >= 0.3 is 87.7 Å². The van der Waals surface area contributed by atoms with Crippen molar-refractivity contribution in [1.82, 2.24) is 0 Å². The number of hydrogen-bond donors (Lipinski definition) is 0. The molecule has 0 saturated heterocycles. The average Bonchev–Trinajstić information content (AvgIpc) is 1.39. The summed E-state index contributed by atoms with van der Waals surface area (Å²) in [5.41, 5.74) is 0. The Balaban J connectivity index is -0.0000000160. The molecule has 0 saturated carbocycles. The third-order valence-corrected chi connectivity index (χ3v) is 0. The van der Waals surface area contributed by atoms with Crippen LogP contribution in [0.25, 0.3) is 10.8 Å². The van der Waals surface area contributed by atoms with E-state index in [1.165, 1.54) is 10.3 Å². The van der Waals surface area contributed by atoms with Crippen molar-refractivity contribution in [3.05, 3.63) is 10.8 Å². The van der Waals surface area contributed by atoms with Gasteiger partial charge in [-0.2, -0.15) is 10.3 Å². The molecule has 0 amide bonds. The van der Waals surface area contributed by atoms with Crippen molar-refractivity contribution in [3.8, 4) is 0 Å². The van der Waals surface area contributed by atoms with Gasteiger partial charge in [-0.05, 0) is 0 Å². The number of hydrogen-bond acceptors (Lipinski definition) is 2. The second kappa shape index (κ2) is 34.2. The summed E-state index contributed by atoms with van der Waals surface area (Å²) in [5, 5.41) is 16.9. The van der Waals surface area contributed by atoms with Gasteiger partial charge in [-0.1, -0.05) is 24.4 Å². The molecule has 0 aliphatic carbocycles. The van der Waals surface area contributed by atoms with Crippen LogP contribution in [-0.2, 0) is 0 Å². The maximum Gasteiger partial charge on any atom is 1.00 e. The molecular weight excluding hydrogens is 225 g/mol. The molecule has 0 radical (unpaired) electrons. The van der Waals surface area contributed by atoms with E-state index in [-0.39, 0.29) is 87.7 Å². The van der Waals surface area contributed by atoms with E-state index in [9.17, 15) is 0 Å². The maximum atomic E-state index is 7.13. The minimum absolute atomic E-state index is 0. The zero-order valence-corrected chi connectivity index (χ0v) is 13.3. The van der Waals surface area contributed by atoms with E-state index in [0.29, 0.717) is 0 Å². The summed E-state index contributed by atoms with van der Waals surface area (Å²) < 4.78 is 0. The third kappa shape index (κ3) is 79.7. The van der Waals surface area contributed by atoms with Gasteiger partial charge in [-0.15, -0.1) is 0 Å². The molecule has 0 aliphatic heterocycles. The largest absolute Gasteiger partial charge is 1.00 e. The molecule has 0 rings (SSSR count). The quantitative estimate of drug-likeness (QED) is 0.236. The van der Waals surface area contributed by atoms with Crippen molar-refractivity contribution in [2.75, 3.05) is 0 Å². The average molecular weight is 225 g/mol. The van der Waals surface area contributed by atoms with Gasteiger partial charge in [0.2, 0.25) is 0 Å². The fraction of sp³-hybridized carbons (Fsp3) is 0. The van der Waals surface area contributed by atoms with E-state index in [1.54, 1.807) is 0 Å². The van der Waals surface area contributed by atoms with Crippen molar-refractivity contribution < 1.29 is 87.7 Å². The van der Waals surface area contributed by atoms with Crippen molar-refractivity contribution >= 4 is 34.8 Å². The van der Waals surface area contributed by atoms with Gasteiger partial charge in [0.25, 0.3) is 0 Å². The first kappa shape index (κ1) is 22.4. The molecule has 0 N–H and O–H groups in total. The van der Waals surface area contributed by atoms with Crippen LogP contribution in [0, 0.1) is 0 Å². The fourth-order valence-corrected chi connectivity index (χ4v) is 0. The van der Waals surface area contributed by atoms with Crippen LogP contribution in [0.1, 0.15) is 0 Å². The van der Waals surface area contributed by atoms with Crippen LogP contribution < -0.4 is 87.7 Å². The van der Waals surface area contributed by atoms with Crippen LogP contribution in [0.15, 0.2) is 0 Å². The molecule has 0 aromatic heterocycles. The minimum Gasteiger partial charge on any atom is -0.753 e. The van der Waals surface area contributed by atoms with Crippen LogP contribution in [0.2, 0.25) is 0 Å². The van der Waals surface area contributed by atoms with Gasteiger partial charge in [0.05, 0.1) is 0 Å². The summed E-state index contributed by atoms with van der Waals surface area (Å²) in [4.78, 5) is 0. The Morgan fingerprint density at radius 1 is 1.00 bits per heavy atom. The molecule has 0 fully saturated rings. The van der Waals surface area contributed by atoms with Crippen molar-refractivity contribution in [3.63, 3.8) is 0 Å². The first-order chi connectivity index (χ1) is 2.83. The van der Waals surface area contributed by atoms with Crippen molar-refractivity contribution in [2.45, 2.75) is 0 Å². The van der Waals surface area contributed by atoms with Crippen LogP contribution in [0.3, 0.4) is 0 Å². The molecule has 32 valence electrons. The van der Waals surface area contributed by atoms with Crippen LogP contribution in [-0.4, -0.2) is 10.3 Å². The normalized spacial score (nSPS) is 2.00. The Hall–Kier alpha value is 2.41. The minimum atomic E-state index is 0. The first-order valence-corrected chi connectivity index (χ1v) is 1.67. The SMILES string of the molecule is [N-]=C=S.[N-]=C=S.[Na+].[Rb+]. The number of nitrogens with zero attached hydrogens (tertiary/aromatic N) is 2. The van der Waals surface area contributed by atoms with E-state index in [4.69, 9.17) is 10.8 Å². The van der Waals surface area contributed by atoms with Crippen molar-refractivity contribution in [2.24, 2.45) is 0 Å². The summed E-state index contributed by atoms with van der Waals surface area (Å²) in [7, 11) is 0. The van der Waals surface area contributed by atoms with E-state index < -0.39 is 0 Å². The van der Waals surface area contributed by atoms with Crippen LogP contribution >= 0.6 is 24.4 Å². The zero-order chi connectivity index (χ0) is 5.41. The Kier molecular flexibility index (Phi) is 96.0. The van der Waals surface area contributed by atoms with Crippen LogP contribution in [0.5, 0.6) is 0 Å². The summed E-state index contributed by atoms with van der Waals surface area (Å²) in [6.45, 7) is 0. The zero-order valence-electron chi connectivity index (χ0n) is 4.71. The van der Waals surface area contributed by atoms with Gasteiger partial charge in [0, 0.05) is 0 Å². The second-order valence-electron chi connectivity index (χ2n) is 0.183. The number of thiocarbonyl (C=S) groups is 2. The molecule has 6 heteroatoms. The Morgan fingerprint density at radius 2 is 1.00 bits per heavy atom. The Morgan fingerprint density at radius 3 is 1.00 bits per heavy atom. The van der Waals surface area contributed by atoms with Gasteiger partial charge in [-0.25, -0.2) is 0 Å². The molecule has 0 aromatic rings. The summed E-state index contributed by atoms with van der Waals surface area (Å²) in [5.74, 6) is 0. The number of rotatable bonds is 0. The van der Waals surface area contributed by atoms with Crippen molar-refractivity contribution in [1.29, 1.82) is 0 Å². The van der Waals surface area contributed by atoms with E-state index in [2.05, 4.69) is 24.4 Å². The molecule has 0 heterocycles. The molecule has 0 aromatic carbocycles. The fourth-order valence-electron chi connectivity index (χ4n) is 0. The molecule has 8 heavy (non-hydrogen) atoms. The molecule has 0 atom stereocenters. The first-order valence-electron chi connectivity index (χ1n) is 0.855. The van der Waals surface area contributed by atoms with Gasteiger partial charge in [-0.3, -0.25) is 0 Å². The maximum absolute atomic E-state index is 7.13. The summed E-state index contributed by atoms with van der Waals surface area (Å²) >= 11 is 7.40. The van der Waals surface area contributed by atoms with E-state index in [0.717, 1.165) is 0 Å². The van der Waals surface area contributed by atoms with Gasteiger partial charge < -0.3 is 10.8 Å². The second-order valence-corrected chi connectivity index (χ2v) is 0.548. The van der Waals surface area contributed by atoms with E-state index >= 15 is 0 Å². The van der Waals surface area contributed by atoms with Gasteiger partial charge in [0.1, 0.15) is 0 Å². The van der Waals surface area contributed by atoms with Crippen LogP contribution in [0.4, 0.5) is 0 Å². The predicted octanol–water partition coefficient (Wildman–Crippen LogP) is -4.67. The van der Waals surface area contributed by atoms with E-state index in [1.807, 2.05) is 0 Å². The molecular formula is C2N2NaRbS2. The Bertz CT molecular complexity index is 72.0. The van der Waals surface area contributed by atoms with Gasteiger partial charge in [0.15, 0.2) is 0 Å². The predicted molar refractivity (Wildman–Crippen MR) is 31.9 cm³/mol. The molecule has 2 nitrogen and oxygen atoms in total. The molecule has 0 aliphatic rings. The number of isothiocyanates is 2. The molecule has 0 spiro atoms. The molecule has 0 unspecified atom stereocenters. The smallest absolute Gasteiger partial charge is 0.753 e. The summed E-state index contributed by atoms with van der Waals surface area (Å²) in [6.07, 6.45) is 0. The molecule has 0 bridgehead atoms. The topological polar surface area (TPSA) is 44.6 Å². The third-order valence-electron chi connectivity index (χ3n) is 0. The summed E-state index contributed by atoms with van der Waals surface area (Å²) in [6, 6.07) is 0. The monoisotopic (exact) mass is 224 g/mol. The Labute approximate surface area is 130 Å².